The van der Waals surface area contributed by atoms with Gasteiger partial charge >= 0.3 is 0 Å². The average Bonchev–Trinajstić information content (AvgIpc) is 2.96. The monoisotopic (exact) mass is 253 g/mol. The van der Waals surface area contributed by atoms with Gasteiger partial charge in [0.05, 0.1) is 12.7 Å². The average molecular weight is 253 g/mol. The molecule has 1 aliphatic rings. The van der Waals surface area contributed by atoms with Crippen molar-refractivity contribution in [3.8, 4) is 11.1 Å². The maximum Gasteiger partial charge on any atom is 0.0568 e. The fourth-order valence-corrected chi connectivity index (χ4v) is 2.40. The Labute approximate surface area is 114 Å². The highest BCUT2D eigenvalue weighted by molar-refractivity contribution is 5.61. The van der Waals surface area contributed by atoms with Crippen LogP contribution in [0.3, 0.4) is 0 Å². The lowest BCUT2D eigenvalue weighted by Gasteiger charge is -2.22. The Morgan fingerprint density at radius 2 is 1.89 bits per heavy atom. The summed E-state index contributed by atoms with van der Waals surface area (Å²) < 4.78 is 2.04. The van der Waals surface area contributed by atoms with Gasteiger partial charge in [0.15, 0.2) is 0 Å². The van der Waals surface area contributed by atoms with Gasteiger partial charge in [-0.15, -0.1) is 0 Å². The third-order valence-corrected chi connectivity index (χ3v) is 3.53. The quantitative estimate of drug-likeness (QED) is 0.781. The molecule has 19 heavy (non-hydrogen) atoms. The third-order valence-electron chi connectivity index (χ3n) is 3.53. The van der Waals surface area contributed by atoms with Crippen LogP contribution < -0.4 is 0 Å². The van der Waals surface area contributed by atoms with Gasteiger partial charge in [0.25, 0.3) is 0 Å². The Bertz CT molecular complexity index is 542. The summed E-state index contributed by atoms with van der Waals surface area (Å²) >= 11 is 0. The summed E-state index contributed by atoms with van der Waals surface area (Å²) in [7, 11) is 0. The first-order valence-electron chi connectivity index (χ1n) is 6.87. The van der Waals surface area contributed by atoms with Crippen LogP contribution in [0.2, 0.25) is 0 Å². The molecule has 1 aromatic heterocycles. The molecule has 0 bridgehead atoms. The van der Waals surface area contributed by atoms with Crippen molar-refractivity contribution >= 4 is 0 Å². The van der Waals surface area contributed by atoms with Crippen LogP contribution in [0, 0.1) is 0 Å². The van der Waals surface area contributed by atoms with Gasteiger partial charge in [-0.05, 0) is 12.0 Å². The van der Waals surface area contributed by atoms with E-state index in [0.717, 1.165) is 19.6 Å². The Kier molecular flexibility index (Phi) is 3.75. The summed E-state index contributed by atoms with van der Waals surface area (Å²) in [6.45, 7) is 4.27. The zero-order chi connectivity index (χ0) is 12.9. The Hall–Kier alpha value is -1.87. The second kappa shape index (κ2) is 5.85. The summed E-state index contributed by atoms with van der Waals surface area (Å²) in [5, 5.41) is 4.45. The van der Waals surface area contributed by atoms with E-state index in [-0.39, 0.29) is 0 Å². The predicted octanol–water partition coefficient (Wildman–Crippen LogP) is 2.81. The molecule has 0 unspecified atom stereocenters. The van der Waals surface area contributed by atoms with Gasteiger partial charge in [-0.1, -0.05) is 42.5 Å². The summed E-state index contributed by atoms with van der Waals surface area (Å²) in [5.41, 5.74) is 2.42. The Balaban J connectivity index is 1.60. The minimum atomic E-state index is 0.959. The first kappa shape index (κ1) is 12.2. The van der Waals surface area contributed by atoms with Crippen molar-refractivity contribution in [3.63, 3.8) is 0 Å². The number of hydrogen-bond donors (Lipinski definition) is 0. The van der Waals surface area contributed by atoms with E-state index >= 15 is 0 Å². The van der Waals surface area contributed by atoms with Crippen LogP contribution in [0.5, 0.6) is 0 Å². The van der Waals surface area contributed by atoms with Gasteiger partial charge in [0.2, 0.25) is 0 Å². The number of hydrogen-bond acceptors (Lipinski definition) is 2. The molecule has 1 aromatic carbocycles. The number of nitrogens with zero attached hydrogens (tertiary/aromatic N) is 3. The predicted molar refractivity (Wildman–Crippen MR) is 77.9 cm³/mol. The molecule has 98 valence electrons. The van der Waals surface area contributed by atoms with E-state index in [9.17, 15) is 0 Å². The fraction of sp³-hybridized carbons (Fsp3) is 0.312. The molecule has 2 aromatic rings. The molecule has 0 N–H and O–H groups in total. The van der Waals surface area contributed by atoms with E-state index in [0.29, 0.717) is 0 Å². The normalized spacial score (nSPS) is 15.8. The second-order valence-corrected chi connectivity index (χ2v) is 4.92. The van der Waals surface area contributed by atoms with Crippen molar-refractivity contribution in [1.82, 2.24) is 14.7 Å². The van der Waals surface area contributed by atoms with E-state index in [1.54, 1.807) is 0 Å². The van der Waals surface area contributed by atoms with E-state index in [4.69, 9.17) is 0 Å². The SMILES string of the molecule is C1=CCN(CCn2cc(-c3ccccc3)cn2)CC1. The summed E-state index contributed by atoms with van der Waals surface area (Å²) in [4.78, 5) is 2.46. The van der Waals surface area contributed by atoms with Crippen molar-refractivity contribution in [2.45, 2.75) is 13.0 Å². The van der Waals surface area contributed by atoms with Crippen molar-refractivity contribution in [2.24, 2.45) is 0 Å². The lowest BCUT2D eigenvalue weighted by Crippen LogP contribution is -2.30. The summed E-state index contributed by atoms with van der Waals surface area (Å²) in [6.07, 6.45) is 9.77. The minimum absolute atomic E-state index is 0.959. The molecule has 0 radical (unpaired) electrons. The highest BCUT2D eigenvalue weighted by Crippen LogP contribution is 2.17. The van der Waals surface area contributed by atoms with Crippen LogP contribution in [0.25, 0.3) is 11.1 Å². The molecule has 0 fully saturated rings. The van der Waals surface area contributed by atoms with Crippen LogP contribution in [-0.4, -0.2) is 34.3 Å². The largest absolute Gasteiger partial charge is 0.298 e. The Morgan fingerprint density at radius 3 is 2.68 bits per heavy atom. The van der Waals surface area contributed by atoms with Crippen LogP contribution in [0.15, 0.2) is 54.9 Å². The van der Waals surface area contributed by atoms with Crippen LogP contribution >= 0.6 is 0 Å². The highest BCUT2D eigenvalue weighted by Gasteiger charge is 2.06. The van der Waals surface area contributed by atoms with E-state index in [2.05, 4.69) is 52.6 Å². The first-order chi connectivity index (χ1) is 9.42. The van der Waals surface area contributed by atoms with Crippen molar-refractivity contribution < 1.29 is 0 Å². The zero-order valence-electron chi connectivity index (χ0n) is 11.1. The number of benzene rings is 1. The van der Waals surface area contributed by atoms with Gasteiger partial charge in [-0.25, -0.2) is 0 Å². The lowest BCUT2D eigenvalue weighted by molar-refractivity contribution is 0.281. The second-order valence-electron chi connectivity index (χ2n) is 4.92. The molecule has 0 aliphatic carbocycles. The van der Waals surface area contributed by atoms with Gasteiger partial charge in [-0.3, -0.25) is 9.58 Å². The van der Waals surface area contributed by atoms with E-state index in [1.165, 1.54) is 24.1 Å². The molecule has 2 heterocycles. The fourth-order valence-electron chi connectivity index (χ4n) is 2.40. The maximum absolute atomic E-state index is 4.45. The third kappa shape index (κ3) is 3.12. The summed E-state index contributed by atoms with van der Waals surface area (Å²) in [6, 6.07) is 10.4. The molecular formula is C16H19N3. The zero-order valence-corrected chi connectivity index (χ0v) is 11.1. The summed E-state index contributed by atoms with van der Waals surface area (Å²) in [5.74, 6) is 0. The molecule has 3 heteroatoms. The highest BCUT2D eigenvalue weighted by atomic mass is 15.3. The smallest absolute Gasteiger partial charge is 0.0568 e. The topological polar surface area (TPSA) is 21.1 Å². The molecule has 3 nitrogen and oxygen atoms in total. The van der Waals surface area contributed by atoms with Gasteiger partial charge in [0, 0.05) is 31.4 Å². The van der Waals surface area contributed by atoms with Crippen LogP contribution in [0.1, 0.15) is 6.42 Å². The molecule has 1 aliphatic heterocycles. The molecular weight excluding hydrogens is 234 g/mol. The van der Waals surface area contributed by atoms with Crippen molar-refractivity contribution in [2.75, 3.05) is 19.6 Å². The molecule has 0 atom stereocenters. The van der Waals surface area contributed by atoms with Gasteiger partial charge in [0.1, 0.15) is 0 Å². The standard InChI is InChI=1S/C16H19N3/c1-3-7-15(8-4-1)16-13-17-19(14-16)12-11-18-9-5-2-6-10-18/h1-5,7-8,13-14H,6,9-12H2. The Morgan fingerprint density at radius 1 is 1.00 bits per heavy atom. The van der Waals surface area contributed by atoms with E-state index < -0.39 is 0 Å². The molecule has 0 amide bonds. The van der Waals surface area contributed by atoms with Crippen LogP contribution in [0.4, 0.5) is 0 Å². The van der Waals surface area contributed by atoms with Crippen molar-refractivity contribution in [3.05, 3.63) is 54.9 Å². The number of rotatable bonds is 4. The molecule has 0 spiro atoms. The van der Waals surface area contributed by atoms with Crippen molar-refractivity contribution in [1.29, 1.82) is 0 Å². The first-order valence-corrected chi connectivity index (χ1v) is 6.87. The van der Waals surface area contributed by atoms with Gasteiger partial charge in [-0.2, -0.15) is 5.10 Å². The van der Waals surface area contributed by atoms with E-state index in [1.807, 2.05) is 16.9 Å². The van der Waals surface area contributed by atoms with Gasteiger partial charge < -0.3 is 0 Å². The minimum Gasteiger partial charge on any atom is -0.298 e. The molecule has 3 rings (SSSR count). The number of aromatic nitrogens is 2. The molecule has 0 saturated heterocycles. The van der Waals surface area contributed by atoms with Crippen LogP contribution in [-0.2, 0) is 6.54 Å². The molecule has 0 saturated carbocycles. The lowest BCUT2D eigenvalue weighted by atomic mass is 10.1. The maximum atomic E-state index is 4.45.